The Hall–Kier alpha value is -2.30. The lowest BCUT2D eigenvalue weighted by molar-refractivity contribution is -0.138. The predicted octanol–water partition coefficient (Wildman–Crippen LogP) is 2.98. The van der Waals surface area contributed by atoms with Crippen molar-refractivity contribution in [3.8, 4) is 0 Å². The molecule has 21 heavy (non-hydrogen) atoms. The van der Waals surface area contributed by atoms with Gasteiger partial charge in [-0.2, -0.15) is 0 Å². The number of hydrogen-bond donors (Lipinski definition) is 1. The van der Waals surface area contributed by atoms with Crippen LogP contribution < -0.4 is 0 Å². The van der Waals surface area contributed by atoms with Crippen molar-refractivity contribution >= 4 is 22.8 Å². The number of nitrogens with zero attached hydrogens (tertiary/aromatic N) is 1. The van der Waals surface area contributed by atoms with Crippen molar-refractivity contribution in [3.63, 3.8) is 0 Å². The summed E-state index contributed by atoms with van der Waals surface area (Å²) in [5.74, 6) is -1.21. The molecule has 5 heteroatoms. The normalized spacial score (nSPS) is 11.1. The van der Waals surface area contributed by atoms with E-state index < -0.39 is 5.97 Å². The Kier molecular flexibility index (Phi) is 4.02. The van der Waals surface area contributed by atoms with Crippen LogP contribution in [0.15, 0.2) is 22.6 Å². The van der Waals surface area contributed by atoms with Crippen molar-refractivity contribution in [2.24, 2.45) is 0 Å². The second kappa shape index (κ2) is 5.60. The highest BCUT2D eigenvalue weighted by Gasteiger charge is 2.27. The van der Waals surface area contributed by atoms with E-state index in [1.54, 1.807) is 13.8 Å². The molecule has 0 saturated heterocycles. The number of amides is 1. The number of carbonyl (C=O) groups is 2. The summed E-state index contributed by atoms with van der Waals surface area (Å²) in [6.07, 6.45) is 0. The lowest BCUT2D eigenvalue weighted by atomic mass is 10.1. The second-order valence-corrected chi connectivity index (χ2v) is 5.43. The Morgan fingerprint density at radius 3 is 2.48 bits per heavy atom. The number of rotatable bonds is 4. The van der Waals surface area contributed by atoms with Gasteiger partial charge in [-0.05, 0) is 33.3 Å². The van der Waals surface area contributed by atoms with E-state index in [1.165, 1.54) is 4.90 Å². The maximum atomic E-state index is 12.6. The zero-order valence-corrected chi connectivity index (χ0v) is 12.6. The first-order valence-electron chi connectivity index (χ1n) is 6.84. The van der Waals surface area contributed by atoms with Crippen LogP contribution in [0.3, 0.4) is 0 Å². The number of aryl methyl sites for hydroxylation is 2. The molecular weight excluding hydrogens is 270 g/mol. The quantitative estimate of drug-likeness (QED) is 0.939. The van der Waals surface area contributed by atoms with Gasteiger partial charge in [-0.25, -0.2) is 0 Å². The molecule has 2 rings (SSSR count). The average molecular weight is 289 g/mol. The first-order valence-corrected chi connectivity index (χ1v) is 6.84. The fraction of sp³-hybridized carbons (Fsp3) is 0.375. The molecule has 0 aliphatic carbocycles. The summed E-state index contributed by atoms with van der Waals surface area (Å²) in [4.78, 5) is 24.8. The van der Waals surface area contributed by atoms with Gasteiger partial charge in [-0.15, -0.1) is 0 Å². The molecule has 2 aromatic rings. The molecule has 1 amide bonds. The van der Waals surface area contributed by atoms with Gasteiger partial charge in [-0.3, -0.25) is 9.59 Å². The summed E-state index contributed by atoms with van der Waals surface area (Å²) in [7, 11) is 0. The zero-order valence-electron chi connectivity index (χ0n) is 12.6. The summed E-state index contributed by atoms with van der Waals surface area (Å²) in [5.41, 5.74) is 2.37. The molecule has 112 valence electrons. The van der Waals surface area contributed by atoms with Gasteiger partial charge in [0, 0.05) is 17.0 Å². The number of fused-ring (bicyclic) bond motifs is 1. The van der Waals surface area contributed by atoms with E-state index in [1.807, 2.05) is 32.0 Å². The number of hydrogen-bond acceptors (Lipinski definition) is 3. The molecule has 0 aliphatic rings. The Labute approximate surface area is 123 Å². The monoisotopic (exact) mass is 289 g/mol. The standard InChI is InChI=1S/C16H19NO4/c1-9(2)17(8-13(18)19)16(20)15-11(4)12-7-5-6-10(3)14(12)21-15/h5-7,9H,8H2,1-4H3,(H,18,19). The molecule has 1 heterocycles. The number of carboxylic acid groups (broad SMARTS) is 1. The number of aliphatic carboxylic acids is 1. The minimum atomic E-state index is -1.04. The van der Waals surface area contributed by atoms with Gasteiger partial charge in [0.25, 0.3) is 5.91 Å². The predicted molar refractivity (Wildman–Crippen MR) is 79.5 cm³/mol. The lowest BCUT2D eigenvalue weighted by Gasteiger charge is -2.23. The molecule has 0 saturated carbocycles. The van der Waals surface area contributed by atoms with Gasteiger partial charge >= 0.3 is 5.97 Å². The number of carboxylic acids is 1. The number of para-hydroxylation sites is 1. The van der Waals surface area contributed by atoms with E-state index in [9.17, 15) is 9.59 Å². The van der Waals surface area contributed by atoms with Crippen LogP contribution in [-0.4, -0.2) is 34.5 Å². The van der Waals surface area contributed by atoms with Crippen molar-refractivity contribution in [1.82, 2.24) is 4.90 Å². The highest BCUT2D eigenvalue weighted by atomic mass is 16.4. The minimum Gasteiger partial charge on any atom is -0.480 e. The van der Waals surface area contributed by atoms with Gasteiger partial charge < -0.3 is 14.4 Å². The first kappa shape index (κ1) is 15.1. The van der Waals surface area contributed by atoms with Crippen molar-refractivity contribution < 1.29 is 19.1 Å². The van der Waals surface area contributed by atoms with Crippen molar-refractivity contribution in [2.75, 3.05) is 6.54 Å². The van der Waals surface area contributed by atoms with E-state index in [2.05, 4.69) is 0 Å². The third-order valence-corrected chi connectivity index (χ3v) is 3.54. The van der Waals surface area contributed by atoms with Crippen LogP contribution in [-0.2, 0) is 4.79 Å². The molecule has 0 unspecified atom stereocenters. The summed E-state index contributed by atoms with van der Waals surface area (Å²) < 4.78 is 5.72. The summed E-state index contributed by atoms with van der Waals surface area (Å²) in [5, 5.41) is 9.84. The molecule has 0 aliphatic heterocycles. The highest BCUT2D eigenvalue weighted by Crippen LogP contribution is 2.28. The lowest BCUT2D eigenvalue weighted by Crippen LogP contribution is -2.40. The van der Waals surface area contributed by atoms with Crippen molar-refractivity contribution in [1.29, 1.82) is 0 Å². The van der Waals surface area contributed by atoms with Crippen LogP contribution >= 0.6 is 0 Å². The maximum absolute atomic E-state index is 12.6. The summed E-state index contributed by atoms with van der Waals surface area (Å²) in [6, 6.07) is 5.50. The Bertz CT molecular complexity index is 700. The van der Waals surface area contributed by atoms with Gasteiger partial charge in [0.2, 0.25) is 0 Å². The minimum absolute atomic E-state index is 0.217. The number of carbonyl (C=O) groups excluding carboxylic acids is 1. The molecule has 5 nitrogen and oxygen atoms in total. The largest absolute Gasteiger partial charge is 0.480 e. The van der Waals surface area contributed by atoms with Crippen molar-refractivity contribution in [3.05, 3.63) is 35.1 Å². The Morgan fingerprint density at radius 2 is 1.95 bits per heavy atom. The number of benzene rings is 1. The van der Waals surface area contributed by atoms with Crippen LogP contribution in [0, 0.1) is 13.8 Å². The van der Waals surface area contributed by atoms with Crippen LogP contribution in [0.25, 0.3) is 11.0 Å². The molecular formula is C16H19NO4. The second-order valence-electron chi connectivity index (χ2n) is 5.43. The fourth-order valence-electron chi connectivity index (χ4n) is 2.35. The highest BCUT2D eigenvalue weighted by molar-refractivity contribution is 6.00. The molecule has 0 spiro atoms. The molecule has 0 fully saturated rings. The average Bonchev–Trinajstić information content (AvgIpc) is 2.74. The van der Waals surface area contributed by atoms with Crippen LogP contribution in [0.5, 0.6) is 0 Å². The van der Waals surface area contributed by atoms with Gasteiger partial charge in [-0.1, -0.05) is 18.2 Å². The van der Waals surface area contributed by atoms with Gasteiger partial charge in [0.1, 0.15) is 12.1 Å². The summed E-state index contributed by atoms with van der Waals surface area (Å²) >= 11 is 0. The van der Waals surface area contributed by atoms with Crippen LogP contribution in [0.2, 0.25) is 0 Å². The molecule has 0 radical (unpaired) electrons. The molecule has 0 bridgehead atoms. The smallest absolute Gasteiger partial charge is 0.323 e. The van der Waals surface area contributed by atoms with E-state index >= 15 is 0 Å². The Balaban J connectivity index is 2.49. The first-order chi connectivity index (χ1) is 9.82. The van der Waals surface area contributed by atoms with E-state index in [0.717, 1.165) is 16.5 Å². The van der Waals surface area contributed by atoms with Crippen molar-refractivity contribution in [2.45, 2.75) is 33.7 Å². The van der Waals surface area contributed by atoms with E-state index in [0.29, 0.717) is 5.58 Å². The SMILES string of the molecule is Cc1c(C(=O)N(CC(=O)O)C(C)C)oc2c(C)cccc12. The fourth-order valence-corrected chi connectivity index (χ4v) is 2.35. The van der Waals surface area contributed by atoms with Crippen LogP contribution in [0.4, 0.5) is 0 Å². The molecule has 0 atom stereocenters. The van der Waals surface area contributed by atoms with Gasteiger partial charge in [0.05, 0.1) is 0 Å². The van der Waals surface area contributed by atoms with Crippen LogP contribution in [0.1, 0.15) is 35.5 Å². The molecule has 1 aromatic heterocycles. The Morgan fingerprint density at radius 1 is 1.29 bits per heavy atom. The number of furan rings is 1. The molecule has 1 aromatic carbocycles. The molecule has 1 N–H and O–H groups in total. The zero-order chi connectivity index (χ0) is 15.7. The van der Waals surface area contributed by atoms with E-state index in [-0.39, 0.29) is 24.3 Å². The third kappa shape index (κ3) is 2.77. The summed E-state index contributed by atoms with van der Waals surface area (Å²) in [6.45, 7) is 6.95. The van der Waals surface area contributed by atoms with E-state index in [4.69, 9.17) is 9.52 Å². The van der Waals surface area contributed by atoms with Gasteiger partial charge in [0.15, 0.2) is 5.76 Å². The topological polar surface area (TPSA) is 70.8 Å². The third-order valence-electron chi connectivity index (χ3n) is 3.54. The maximum Gasteiger partial charge on any atom is 0.323 e.